The number of para-hydroxylation sites is 1. The summed E-state index contributed by atoms with van der Waals surface area (Å²) in [5.41, 5.74) is 3.52. The first-order valence-corrected chi connectivity index (χ1v) is 13.4. The first-order chi connectivity index (χ1) is 15.4. The number of rotatable bonds is 8. The van der Waals surface area contributed by atoms with Crippen LogP contribution in [0.2, 0.25) is 0 Å². The summed E-state index contributed by atoms with van der Waals surface area (Å²) in [6.45, 7) is 3.86. The van der Waals surface area contributed by atoms with Gasteiger partial charge in [-0.3, -0.25) is 14.2 Å². The molecule has 0 fully saturated rings. The Morgan fingerprint density at radius 3 is 2.12 bits per heavy atom. The average Bonchev–Trinajstić information content (AvgIpc) is 2.74. The Morgan fingerprint density at radius 2 is 1.48 bits per heavy atom. The van der Waals surface area contributed by atoms with E-state index in [1.54, 1.807) is 42.5 Å². The molecule has 0 aliphatic heterocycles. The number of amides is 1. The Kier molecular flexibility index (Phi) is 7.09. The molecule has 0 heterocycles. The largest absolute Gasteiger partial charge is 0.348 e. The molecule has 0 saturated carbocycles. The number of anilines is 2. The van der Waals surface area contributed by atoms with Gasteiger partial charge in [-0.15, -0.1) is 0 Å². The number of carbonyl (C=O) groups is 1. The van der Waals surface area contributed by atoms with Crippen molar-refractivity contribution in [1.29, 1.82) is 0 Å². The van der Waals surface area contributed by atoms with Crippen LogP contribution in [0.4, 0.5) is 11.4 Å². The lowest BCUT2D eigenvalue weighted by Gasteiger charge is -2.12. The van der Waals surface area contributed by atoms with Gasteiger partial charge in [0.25, 0.3) is 15.9 Å². The van der Waals surface area contributed by atoms with E-state index in [1.165, 1.54) is 24.3 Å². The average molecular weight is 488 g/mol. The lowest BCUT2D eigenvalue weighted by Crippen LogP contribution is -2.23. The van der Waals surface area contributed by atoms with Gasteiger partial charge in [-0.25, -0.2) is 16.8 Å². The molecule has 33 heavy (non-hydrogen) atoms. The summed E-state index contributed by atoms with van der Waals surface area (Å²) in [6, 6.07) is 17.7. The number of aryl methyl sites for hydroxylation is 2. The van der Waals surface area contributed by atoms with Crippen molar-refractivity contribution < 1.29 is 21.6 Å². The molecule has 0 aliphatic rings. The molecule has 3 aromatic rings. The summed E-state index contributed by atoms with van der Waals surface area (Å²) in [6.07, 6.45) is 1.05. The molecule has 0 unspecified atom stereocenters. The lowest BCUT2D eigenvalue weighted by molar-refractivity contribution is 0.0951. The van der Waals surface area contributed by atoms with E-state index in [0.717, 1.165) is 17.4 Å². The normalized spacial score (nSPS) is 11.6. The fraction of sp³-hybridized carbons (Fsp3) is 0.174. The van der Waals surface area contributed by atoms with Gasteiger partial charge in [0.1, 0.15) is 0 Å². The Bertz CT molecular complexity index is 1380. The summed E-state index contributed by atoms with van der Waals surface area (Å²) >= 11 is 0. The Hall–Kier alpha value is -3.37. The van der Waals surface area contributed by atoms with Crippen LogP contribution in [-0.4, -0.2) is 29.0 Å². The number of carbonyl (C=O) groups excluding carboxylic acids is 1. The van der Waals surface area contributed by atoms with Gasteiger partial charge >= 0.3 is 0 Å². The molecule has 8 nitrogen and oxygen atoms in total. The van der Waals surface area contributed by atoms with Crippen LogP contribution in [-0.2, 0) is 26.6 Å². The highest BCUT2D eigenvalue weighted by Crippen LogP contribution is 2.20. The van der Waals surface area contributed by atoms with E-state index in [0.29, 0.717) is 22.5 Å². The number of benzene rings is 3. The highest BCUT2D eigenvalue weighted by molar-refractivity contribution is 7.92. The molecule has 0 saturated heterocycles. The fourth-order valence-corrected chi connectivity index (χ4v) is 4.78. The number of nitrogens with one attached hydrogen (secondary N) is 3. The molecule has 0 aromatic heterocycles. The zero-order valence-electron chi connectivity index (χ0n) is 18.4. The fourth-order valence-electron chi connectivity index (χ4n) is 3.04. The molecule has 0 spiro atoms. The summed E-state index contributed by atoms with van der Waals surface area (Å²) < 4.78 is 53.2. The molecule has 10 heteroatoms. The number of hydrogen-bond donors (Lipinski definition) is 3. The van der Waals surface area contributed by atoms with E-state index in [4.69, 9.17) is 0 Å². The Labute approximate surface area is 194 Å². The van der Waals surface area contributed by atoms with Gasteiger partial charge in [-0.1, -0.05) is 24.3 Å². The van der Waals surface area contributed by atoms with Crippen LogP contribution in [0.3, 0.4) is 0 Å². The third-order valence-corrected chi connectivity index (χ3v) is 6.91. The van der Waals surface area contributed by atoms with Crippen LogP contribution in [0.25, 0.3) is 0 Å². The quantitative estimate of drug-likeness (QED) is 0.450. The molecule has 0 radical (unpaired) electrons. The molecule has 1 amide bonds. The van der Waals surface area contributed by atoms with Crippen LogP contribution in [0.15, 0.2) is 71.6 Å². The second kappa shape index (κ2) is 9.63. The lowest BCUT2D eigenvalue weighted by atomic mass is 10.1. The standard InChI is InChI=1S/C23H25N3O5S2/c1-16-8-13-21(14-17(16)2)33(30,31)25-20-11-9-18(10-12-20)23(27)24-15-19-6-4-5-7-22(19)26-32(3,28)29/h4-14,25-26H,15H2,1-3H3,(H,24,27). The van der Waals surface area contributed by atoms with Gasteiger partial charge in [-0.2, -0.15) is 0 Å². The molecule has 3 N–H and O–H groups in total. The van der Waals surface area contributed by atoms with E-state index < -0.39 is 20.0 Å². The van der Waals surface area contributed by atoms with E-state index in [2.05, 4.69) is 14.8 Å². The van der Waals surface area contributed by atoms with E-state index in [-0.39, 0.29) is 17.3 Å². The van der Waals surface area contributed by atoms with Gasteiger partial charge in [0.15, 0.2) is 0 Å². The second-order valence-electron chi connectivity index (χ2n) is 7.64. The van der Waals surface area contributed by atoms with Crippen molar-refractivity contribution in [2.75, 3.05) is 15.7 Å². The van der Waals surface area contributed by atoms with Gasteiger partial charge < -0.3 is 5.32 Å². The van der Waals surface area contributed by atoms with E-state index >= 15 is 0 Å². The maximum absolute atomic E-state index is 12.6. The SMILES string of the molecule is Cc1ccc(S(=O)(=O)Nc2ccc(C(=O)NCc3ccccc3NS(C)(=O)=O)cc2)cc1C. The molecule has 0 atom stereocenters. The number of sulfonamides is 2. The monoisotopic (exact) mass is 487 g/mol. The smallest absolute Gasteiger partial charge is 0.261 e. The van der Waals surface area contributed by atoms with Crippen molar-refractivity contribution in [2.24, 2.45) is 0 Å². The van der Waals surface area contributed by atoms with Crippen molar-refractivity contribution in [1.82, 2.24) is 5.32 Å². The third kappa shape index (κ3) is 6.56. The van der Waals surface area contributed by atoms with E-state index in [9.17, 15) is 21.6 Å². The minimum absolute atomic E-state index is 0.110. The zero-order valence-corrected chi connectivity index (χ0v) is 20.0. The topological polar surface area (TPSA) is 121 Å². The van der Waals surface area contributed by atoms with Crippen LogP contribution in [0, 0.1) is 13.8 Å². The Morgan fingerprint density at radius 1 is 0.818 bits per heavy atom. The van der Waals surface area contributed by atoms with Crippen molar-refractivity contribution in [3.63, 3.8) is 0 Å². The first kappa shape index (κ1) is 24.3. The van der Waals surface area contributed by atoms with Crippen molar-refractivity contribution in [3.8, 4) is 0 Å². The van der Waals surface area contributed by atoms with Crippen molar-refractivity contribution in [2.45, 2.75) is 25.3 Å². The molecule has 3 rings (SSSR count). The van der Waals surface area contributed by atoms with Crippen molar-refractivity contribution in [3.05, 3.63) is 89.0 Å². The second-order valence-corrected chi connectivity index (χ2v) is 11.1. The van der Waals surface area contributed by atoms with Gasteiger partial charge in [0.05, 0.1) is 16.8 Å². The zero-order chi connectivity index (χ0) is 24.2. The minimum atomic E-state index is -3.76. The summed E-state index contributed by atoms with van der Waals surface area (Å²) in [4.78, 5) is 12.7. The number of hydrogen-bond acceptors (Lipinski definition) is 5. The molecular weight excluding hydrogens is 462 g/mol. The van der Waals surface area contributed by atoms with Gasteiger partial charge in [0, 0.05) is 17.8 Å². The van der Waals surface area contributed by atoms with Crippen LogP contribution >= 0.6 is 0 Å². The van der Waals surface area contributed by atoms with E-state index in [1.807, 2.05) is 13.8 Å². The predicted octanol–water partition coefficient (Wildman–Crippen LogP) is 3.41. The highest BCUT2D eigenvalue weighted by Gasteiger charge is 2.15. The third-order valence-electron chi connectivity index (χ3n) is 4.94. The minimum Gasteiger partial charge on any atom is -0.348 e. The predicted molar refractivity (Wildman–Crippen MR) is 129 cm³/mol. The van der Waals surface area contributed by atoms with Crippen LogP contribution < -0.4 is 14.8 Å². The molecule has 174 valence electrons. The van der Waals surface area contributed by atoms with Gasteiger partial charge in [0.2, 0.25) is 10.0 Å². The van der Waals surface area contributed by atoms with Gasteiger partial charge in [-0.05, 0) is 73.0 Å². The molecular formula is C23H25N3O5S2. The maximum atomic E-state index is 12.6. The van der Waals surface area contributed by atoms with Crippen LogP contribution in [0.5, 0.6) is 0 Å². The molecule has 0 bridgehead atoms. The highest BCUT2D eigenvalue weighted by atomic mass is 32.2. The summed E-state index contributed by atoms with van der Waals surface area (Å²) in [5, 5.41) is 2.73. The van der Waals surface area contributed by atoms with Crippen molar-refractivity contribution >= 4 is 37.3 Å². The summed E-state index contributed by atoms with van der Waals surface area (Å²) in [7, 11) is -7.21. The molecule has 3 aromatic carbocycles. The Balaban J connectivity index is 1.67. The summed E-state index contributed by atoms with van der Waals surface area (Å²) in [5.74, 6) is -0.382. The first-order valence-electron chi connectivity index (χ1n) is 9.99. The molecule has 0 aliphatic carbocycles. The van der Waals surface area contributed by atoms with Crippen LogP contribution in [0.1, 0.15) is 27.0 Å². The maximum Gasteiger partial charge on any atom is 0.261 e.